The molecule has 0 bridgehead atoms. The minimum absolute atomic E-state index is 0.0131. The Hall–Kier alpha value is -2.40. The predicted molar refractivity (Wildman–Crippen MR) is 137 cm³/mol. The second-order valence-electron chi connectivity index (χ2n) is 7.99. The minimum Gasteiger partial charge on any atom is -0.495 e. The summed E-state index contributed by atoms with van der Waals surface area (Å²) in [6, 6.07) is 4.82. The Morgan fingerprint density at radius 3 is 2.17 bits per heavy atom. The van der Waals surface area contributed by atoms with Crippen LogP contribution in [0.4, 0.5) is 5.69 Å². The van der Waals surface area contributed by atoms with E-state index in [2.05, 4.69) is 4.72 Å². The third-order valence-electron chi connectivity index (χ3n) is 5.55. The monoisotopic (exact) mass is 578 g/mol. The molecule has 0 spiro atoms. The van der Waals surface area contributed by atoms with Crippen molar-refractivity contribution in [3.8, 4) is 11.5 Å². The summed E-state index contributed by atoms with van der Waals surface area (Å²) in [5.41, 5.74) is -0.251. The van der Waals surface area contributed by atoms with Crippen LogP contribution in [0.2, 0.25) is 15.1 Å². The van der Waals surface area contributed by atoms with Gasteiger partial charge in [-0.1, -0.05) is 34.8 Å². The number of amides is 1. The van der Waals surface area contributed by atoms with Crippen LogP contribution in [0.3, 0.4) is 0 Å². The maximum absolute atomic E-state index is 13.2. The van der Waals surface area contributed by atoms with Gasteiger partial charge >= 0.3 is 5.97 Å². The van der Waals surface area contributed by atoms with Crippen molar-refractivity contribution in [2.24, 2.45) is 0 Å². The number of hydrogen-bond donors (Lipinski definition) is 1. The van der Waals surface area contributed by atoms with Gasteiger partial charge < -0.3 is 19.1 Å². The van der Waals surface area contributed by atoms with Crippen molar-refractivity contribution in [1.29, 1.82) is 0 Å². The summed E-state index contributed by atoms with van der Waals surface area (Å²) >= 11 is 18.5. The first-order valence-corrected chi connectivity index (χ1v) is 13.5. The molecule has 2 aromatic carbocycles. The topological polar surface area (TPSA) is 111 Å². The van der Waals surface area contributed by atoms with Crippen LogP contribution >= 0.6 is 34.8 Å². The molecule has 9 nitrogen and oxygen atoms in total. The van der Waals surface area contributed by atoms with Crippen LogP contribution in [0.5, 0.6) is 11.5 Å². The highest BCUT2D eigenvalue weighted by atomic mass is 35.5. The third kappa shape index (κ3) is 6.29. The zero-order valence-corrected chi connectivity index (χ0v) is 22.9. The van der Waals surface area contributed by atoms with Gasteiger partial charge in [0.25, 0.3) is 15.9 Å². The molecule has 3 rings (SSSR count). The molecule has 13 heteroatoms. The number of methoxy groups -OCH3 is 2. The number of hydrogen-bond acceptors (Lipinski definition) is 7. The molecule has 0 radical (unpaired) electrons. The lowest BCUT2D eigenvalue weighted by Gasteiger charge is -2.29. The molecule has 0 aromatic heterocycles. The summed E-state index contributed by atoms with van der Waals surface area (Å²) in [7, 11) is -1.60. The number of piperidine rings is 1. The van der Waals surface area contributed by atoms with Crippen LogP contribution in [0.1, 0.15) is 36.5 Å². The van der Waals surface area contributed by atoms with E-state index in [1.165, 1.54) is 33.3 Å². The highest BCUT2D eigenvalue weighted by Crippen LogP contribution is 2.38. The molecule has 0 unspecified atom stereocenters. The van der Waals surface area contributed by atoms with E-state index in [0.29, 0.717) is 13.1 Å². The standard InChI is InChI=1S/C23H25Cl3N2O7S/c1-13(22(29)28-7-5-4-6-8-28)35-23(30)14-9-21(17(26)10-15(14)24)36(31,32)27-18-11-16(25)19(33-2)12-20(18)34-3/h9-13,27H,4-8H2,1-3H3/t13-/m0/s1. The largest absolute Gasteiger partial charge is 0.495 e. The Morgan fingerprint density at radius 1 is 0.917 bits per heavy atom. The van der Waals surface area contributed by atoms with E-state index in [4.69, 9.17) is 49.0 Å². The minimum atomic E-state index is -4.35. The highest BCUT2D eigenvalue weighted by molar-refractivity contribution is 7.92. The Kier molecular flexibility index (Phi) is 9.21. The van der Waals surface area contributed by atoms with E-state index >= 15 is 0 Å². The summed E-state index contributed by atoms with van der Waals surface area (Å²) in [6.45, 7) is 2.64. The SMILES string of the molecule is COc1cc(OC)c(NS(=O)(=O)c2cc(C(=O)O[C@@H](C)C(=O)N3CCCCC3)c(Cl)cc2Cl)cc1Cl. The number of nitrogens with one attached hydrogen (secondary N) is 1. The number of halogens is 3. The lowest BCUT2D eigenvalue weighted by molar-refractivity contribution is -0.140. The van der Waals surface area contributed by atoms with Crippen LogP contribution in [0, 0.1) is 0 Å². The van der Waals surface area contributed by atoms with Crippen molar-refractivity contribution < 1.29 is 32.2 Å². The van der Waals surface area contributed by atoms with Gasteiger partial charge in [0.15, 0.2) is 6.10 Å². The zero-order chi connectivity index (χ0) is 26.6. The van der Waals surface area contributed by atoms with Crippen molar-refractivity contribution in [2.45, 2.75) is 37.2 Å². The Balaban J connectivity index is 1.88. The quantitative estimate of drug-likeness (QED) is 0.437. The summed E-state index contributed by atoms with van der Waals surface area (Å²) in [5, 5.41) is -0.235. The lowest BCUT2D eigenvalue weighted by atomic mass is 10.1. The molecule has 0 aliphatic carbocycles. The van der Waals surface area contributed by atoms with E-state index in [1.807, 2.05) is 0 Å². The molecule has 36 heavy (non-hydrogen) atoms. The van der Waals surface area contributed by atoms with Gasteiger partial charge in [0.2, 0.25) is 0 Å². The number of benzene rings is 2. The van der Waals surface area contributed by atoms with Gasteiger partial charge in [-0.2, -0.15) is 0 Å². The second kappa shape index (κ2) is 11.8. The van der Waals surface area contributed by atoms with E-state index in [0.717, 1.165) is 31.4 Å². The number of carbonyl (C=O) groups is 2. The van der Waals surface area contributed by atoms with Crippen LogP contribution in [-0.4, -0.2) is 58.6 Å². The molecule has 1 saturated heterocycles. The van der Waals surface area contributed by atoms with Crippen LogP contribution in [0.25, 0.3) is 0 Å². The molecule has 1 aliphatic heterocycles. The maximum atomic E-state index is 13.2. The van der Waals surface area contributed by atoms with Gasteiger partial charge in [0, 0.05) is 19.2 Å². The van der Waals surface area contributed by atoms with E-state index in [-0.39, 0.29) is 43.7 Å². The fourth-order valence-corrected chi connectivity index (χ4v) is 5.83. The molecule has 1 atom stereocenters. The summed E-state index contributed by atoms with van der Waals surface area (Å²) in [5.74, 6) is -0.879. The van der Waals surface area contributed by atoms with Gasteiger partial charge in [-0.25, -0.2) is 13.2 Å². The number of nitrogens with zero attached hydrogens (tertiary/aromatic N) is 1. The van der Waals surface area contributed by atoms with Crippen LogP contribution in [-0.2, 0) is 19.6 Å². The van der Waals surface area contributed by atoms with Gasteiger partial charge in [0.1, 0.15) is 16.4 Å². The number of sulfonamides is 1. The normalized spacial score (nSPS) is 14.7. The van der Waals surface area contributed by atoms with Gasteiger partial charge in [-0.3, -0.25) is 9.52 Å². The maximum Gasteiger partial charge on any atom is 0.340 e. The molecular formula is C23H25Cl3N2O7S. The molecule has 0 saturated carbocycles. The number of carbonyl (C=O) groups excluding carboxylic acids is 2. The lowest BCUT2D eigenvalue weighted by Crippen LogP contribution is -2.42. The number of anilines is 1. The Labute approximate surface area is 224 Å². The zero-order valence-electron chi connectivity index (χ0n) is 19.8. The smallest absolute Gasteiger partial charge is 0.340 e. The van der Waals surface area contributed by atoms with E-state index in [9.17, 15) is 18.0 Å². The summed E-state index contributed by atoms with van der Waals surface area (Å²) < 4.78 is 44.4. The molecule has 1 heterocycles. The van der Waals surface area contributed by atoms with Crippen molar-refractivity contribution in [1.82, 2.24) is 4.90 Å². The predicted octanol–water partition coefficient (Wildman–Crippen LogP) is 5.02. The van der Waals surface area contributed by atoms with E-state index in [1.54, 1.807) is 4.90 Å². The number of ether oxygens (including phenoxy) is 3. The molecule has 196 valence electrons. The molecular weight excluding hydrogens is 555 g/mol. The van der Waals surface area contributed by atoms with Crippen molar-refractivity contribution in [3.63, 3.8) is 0 Å². The first kappa shape index (κ1) is 28.2. The van der Waals surface area contributed by atoms with Gasteiger partial charge in [0.05, 0.1) is 40.5 Å². The van der Waals surface area contributed by atoms with Crippen LogP contribution < -0.4 is 14.2 Å². The first-order valence-electron chi connectivity index (χ1n) is 10.9. The average molecular weight is 580 g/mol. The first-order chi connectivity index (χ1) is 17.0. The average Bonchev–Trinajstić information content (AvgIpc) is 2.83. The molecule has 1 aliphatic rings. The molecule has 1 fully saturated rings. The molecule has 1 amide bonds. The third-order valence-corrected chi connectivity index (χ3v) is 7.99. The fourth-order valence-electron chi connectivity index (χ4n) is 3.68. The van der Waals surface area contributed by atoms with Crippen molar-refractivity contribution >= 4 is 62.4 Å². The van der Waals surface area contributed by atoms with Crippen molar-refractivity contribution in [3.05, 3.63) is 44.9 Å². The Morgan fingerprint density at radius 2 is 1.56 bits per heavy atom. The fraction of sp³-hybridized carbons (Fsp3) is 0.391. The van der Waals surface area contributed by atoms with Crippen molar-refractivity contribution in [2.75, 3.05) is 32.0 Å². The van der Waals surface area contributed by atoms with Crippen LogP contribution in [0.15, 0.2) is 29.2 Å². The number of likely N-dealkylation sites (tertiary alicyclic amines) is 1. The molecule has 2 aromatic rings. The van der Waals surface area contributed by atoms with Gasteiger partial charge in [-0.15, -0.1) is 0 Å². The summed E-state index contributed by atoms with van der Waals surface area (Å²) in [6.07, 6.45) is 1.73. The molecule has 1 N–H and O–H groups in total. The Bertz CT molecular complexity index is 1260. The highest BCUT2D eigenvalue weighted by Gasteiger charge is 2.29. The number of esters is 1. The second-order valence-corrected chi connectivity index (χ2v) is 10.9. The number of rotatable bonds is 8. The van der Waals surface area contributed by atoms with E-state index < -0.39 is 27.0 Å². The van der Waals surface area contributed by atoms with Gasteiger partial charge in [-0.05, 0) is 44.4 Å². The summed E-state index contributed by atoms with van der Waals surface area (Å²) in [4.78, 5) is 26.7.